The number of ketones is 1. The predicted molar refractivity (Wildman–Crippen MR) is 82.8 cm³/mol. The van der Waals surface area contributed by atoms with E-state index >= 15 is 0 Å². The van der Waals surface area contributed by atoms with Gasteiger partial charge in [0.25, 0.3) is 0 Å². The molecule has 116 valence electrons. The standard InChI is InChI=1S/C17H19NO4/c1-11-9-16(17(20)10-22-13(3)19)12(2)18(11)14-5-7-15(21-4)8-6-14/h5-9H,10H2,1-4H3. The number of aryl methyl sites for hydroxylation is 1. The third-order valence-corrected chi connectivity index (χ3v) is 3.47. The Bertz CT molecular complexity index is 698. The highest BCUT2D eigenvalue weighted by atomic mass is 16.5. The highest BCUT2D eigenvalue weighted by Gasteiger charge is 2.17. The van der Waals surface area contributed by atoms with Crippen molar-refractivity contribution in [1.29, 1.82) is 0 Å². The van der Waals surface area contributed by atoms with Gasteiger partial charge >= 0.3 is 5.97 Å². The fourth-order valence-corrected chi connectivity index (χ4v) is 2.42. The van der Waals surface area contributed by atoms with Gasteiger partial charge in [0.05, 0.1) is 7.11 Å². The zero-order valence-electron chi connectivity index (χ0n) is 13.2. The fourth-order valence-electron chi connectivity index (χ4n) is 2.42. The van der Waals surface area contributed by atoms with Gasteiger partial charge in [0.1, 0.15) is 5.75 Å². The molecule has 0 aliphatic rings. The van der Waals surface area contributed by atoms with Crippen LogP contribution in [-0.2, 0) is 9.53 Å². The Morgan fingerprint density at radius 2 is 1.77 bits per heavy atom. The van der Waals surface area contributed by atoms with Crippen LogP contribution in [0.4, 0.5) is 0 Å². The van der Waals surface area contributed by atoms with E-state index in [4.69, 9.17) is 9.47 Å². The van der Waals surface area contributed by atoms with Crippen LogP contribution in [0, 0.1) is 13.8 Å². The van der Waals surface area contributed by atoms with Crippen molar-refractivity contribution in [2.75, 3.05) is 13.7 Å². The lowest BCUT2D eigenvalue weighted by atomic mass is 10.1. The summed E-state index contributed by atoms with van der Waals surface area (Å²) < 4.78 is 11.9. The average molecular weight is 301 g/mol. The molecule has 1 aromatic carbocycles. The monoisotopic (exact) mass is 301 g/mol. The van der Waals surface area contributed by atoms with Crippen LogP contribution in [0.1, 0.15) is 28.7 Å². The molecule has 0 saturated heterocycles. The average Bonchev–Trinajstić information content (AvgIpc) is 2.80. The molecule has 1 aromatic heterocycles. The lowest BCUT2D eigenvalue weighted by molar-refractivity contribution is -0.139. The van der Waals surface area contributed by atoms with Gasteiger partial charge < -0.3 is 14.0 Å². The van der Waals surface area contributed by atoms with E-state index < -0.39 is 5.97 Å². The maximum Gasteiger partial charge on any atom is 0.303 e. The molecule has 0 atom stereocenters. The maximum atomic E-state index is 12.2. The molecule has 2 rings (SSSR count). The molecule has 0 saturated carbocycles. The molecule has 0 fully saturated rings. The molecule has 0 bridgehead atoms. The van der Waals surface area contributed by atoms with Gasteiger partial charge in [-0.15, -0.1) is 0 Å². The molecule has 1 heterocycles. The summed E-state index contributed by atoms with van der Waals surface area (Å²) in [4.78, 5) is 23.0. The second-order valence-electron chi connectivity index (χ2n) is 5.02. The molecular formula is C17H19NO4. The summed E-state index contributed by atoms with van der Waals surface area (Å²) in [5.41, 5.74) is 3.27. The van der Waals surface area contributed by atoms with Crippen LogP contribution < -0.4 is 4.74 Å². The van der Waals surface area contributed by atoms with Crippen LogP contribution >= 0.6 is 0 Å². The first-order valence-electron chi connectivity index (χ1n) is 6.94. The lowest BCUT2D eigenvalue weighted by Gasteiger charge is -2.10. The Hall–Kier alpha value is -2.56. The number of rotatable bonds is 5. The van der Waals surface area contributed by atoms with Crippen molar-refractivity contribution in [3.05, 3.63) is 47.3 Å². The van der Waals surface area contributed by atoms with Crippen LogP contribution in [0.25, 0.3) is 5.69 Å². The Morgan fingerprint density at radius 1 is 1.14 bits per heavy atom. The number of ether oxygens (including phenoxy) is 2. The van der Waals surface area contributed by atoms with Crippen LogP contribution in [0.2, 0.25) is 0 Å². The van der Waals surface area contributed by atoms with Gasteiger partial charge in [-0.3, -0.25) is 9.59 Å². The van der Waals surface area contributed by atoms with Crippen molar-refractivity contribution in [1.82, 2.24) is 4.57 Å². The summed E-state index contributed by atoms with van der Waals surface area (Å²) in [6, 6.07) is 9.41. The smallest absolute Gasteiger partial charge is 0.303 e. The Balaban J connectivity index is 2.33. The summed E-state index contributed by atoms with van der Waals surface area (Å²) >= 11 is 0. The molecular weight excluding hydrogens is 282 g/mol. The molecule has 5 nitrogen and oxygen atoms in total. The van der Waals surface area contributed by atoms with E-state index in [0.717, 1.165) is 22.8 Å². The quantitative estimate of drug-likeness (QED) is 0.629. The van der Waals surface area contributed by atoms with Crippen LogP contribution in [-0.4, -0.2) is 30.0 Å². The molecule has 0 N–H and O–H groups in total. The summed E-state index contributed by atoms with van der Waals surface area (Å²) in [5, 5.41) is 0. The fraction of sp³-hybridized carbons (Fsp3) is 0.294. The van der Waals surface area contributed by atoms with Crippen molar-refractivity contribution < 1.29 is 19.1 Å². The van der Waals surface area contributed by atoms with Crippen LogP contribution in [0.5, 0.6) is 5.75 Å². The molecule has 0 spiro atoms. The normalized spacial score (nSPS) is 10.4. The van der Waals surface area contributed by atoms with Crippen LogP contribution in [0.3, 0.4) is 0 Å². The number of Topliss-reactive ketones (excluding diaryl/α,β-unsaturated/α-hetero) is 1. The van der Waals surface area contributed by atoms with E-state index in [1.54, 1.807) is 7.11 Å². The van der Waals surface area contributed by atoms with E-state index in [-0.39, 0.29) is 12.4 Å². The van der Waals surface area contributed by atoms with E-state index in [2.05, 4.69) is 0 Å². The summed E-state index contributed by atoms with van der Waals surface area (Å²) in [6.45, 7) is 4.86. The number of methoxy groups -OCH3 is 1. The number of esters is 1. The van der Waals surface area contributed by atoms with Gasteiger partial charge in [-0.1, -0.05) is 0 Å². The van der Waals surface area contributed by atoms with Gasteiger partial charge in [-0.25, -0.2) is 0 Å². The molecule has 0 amide bonds. The van der Waals surface area contributed by atoms with Crippen molar-refractivity contribution in [2.24, 2.45) is 0 Å². The van der Waals surface area contributed by atoms with Gasteiger partial charge in [-0.05, 0) is 44.2 Å². The van der Waals surface area contributed by atoms with Gasteiger partial charge in [0, 0.05) is 29.6 Å². The van der Waals surface area contributed by atoms with Gasteiger partial charge in [0.15, 0.2) is 6.61 Å². The highest BCUT2D eigenvalue weighted by Crippen LogP contribution is 2.23. The SMILES string of the molecule is COc1ccc(-n2c(C)cc(C(=O)COC(C)=O)c2C)cc1. The number of hydrogen-bond acceptors (Lipinski definition) is 4. The molecule has 0 aliphatic carbocycles. The minimum absolute atomic E-state index is 0.205. The molecule has 5 heteroatoms. The summed E-state index contributed by atoms with van der Waals surface area (Å²) in [5.74, 6) is 0.109. The molecule has 0 unspecified atom stereocenters. The number of nitrogens with zero attached hydrogens (tertiary/aromatic N) is 1. The first-order chi connectivity index (χ1) is 10.4. The minimum Gasteiger partial charge on any atom is -0.497 e. The van der Waals surface area contributed by atoms with Crippen molar-refractivity contribution in [2.45, 2.75) is 20.8 Å². The number of benzene rings is 1. The van der Waals surface area contributed by atoms with E-state index in [9.17, 15) is 9.59 Å². The zero-order chi connectivity index (χ0) is 16.3. The van der Waals surface area contributed by atoms with Crippen molar-refractivity contribution >= 4 is 11.8 Å². The van der Waals surface area contributed by atoms with Crippen molar-refractivity contribution in [3.8, 4) is 11.4 Å². The lowest BCUT2D eigenvalue weighted by Crippen LogP contribution is -2.12. The second-order valence-corrected chi connectivity index (χ2v) is 5.02. The maximum absolute atomic E-state index is 12.2. The van der Waals surface area contributed by atoms with Crippen LogP contribution in [0.15, 0.2) is 30.3 Å². The number of aromatic nitrogens is 1. The topological polar surface area (TPSA) is 57.5 Å². The van der Waals surface area contributed by atoms with E-state index in [0.29, 0.717) is 5.56 Å². The third kappa shape index (κ3) is 3.19. The largest absolute Gasteiger partial charge is 0.497 e. The van der Waals surface area contributed by atoms with E-state index in [1.165, 1.54) is 6.92 Å². The third-order valence-electron chi connectivity index (χ3n) is 3.47. The number of hydrogen-bond donors (Lipinski definition) is 0. The molecule has 0 radical (unpaired) electrons. The predicted octanol–water partition coefficient (Wildman–Crippen LogP) is 2.85. The van der Waals surface area contributed by atoms with E-state index in [1.807, 2.05) is 48.7 Å². The minimum atomic E-state index is -0.461. The number of carbonyl (C=O) groups is 2. The Morgan fingerprint density at radius 3 is 2.32 bits per heavy atom. The first kappa shape index (κ1) is 15.8. The number of carbonyl (C=O) groups excluding carboxylic acids is 2. The summed E-state index contributed by atoms with van der Waals surface area (Å²) in [6.07, 6.45) is 0. The Labute approximate surface area is 129 Å². The highest BCUT2D eigenvalue weighted by molar-refractivity contribution is 5.99. The second kappa shape index (κ2) is 6.47. The van der Waals surface area contributed by atoms with Crippen molar-refractivity contribution in [3.63, 3.8) is 0 Å². The zero-order valence-corrected chi connectivity index (χ0v) is 13.2. The van der Waals surface area contributed by atoms with Gasteiger partial charge in [-0.2, -0.15) is 0 Å². The summed E-state index contributed by atoms with van der Waals surface area (Å²) in [7, 11) is 1.62. The van der Waals surface area contributed by atoms with Gasteiger partial charge in [0.2, 0.25) is 5.78 Å². The first-order valence-corrected chi connectivity index (χ1v) is 6.94. The Kier molecular flexibility index (Phi) is 4.65. The molecule has 22 heavy (non-hydrogen) atoms. The molecule has 2 aromatic rings. The molecule has 0 aliphatic heterocycles.